The summed E-state index contributed by atoms with van der Waals surface area (Å²) in [5, 5.41) is 3.03. The smallest absolute Gasteiger partial charge is 0.218 e. The van der Waals surface area contributed by atoms with Crippen molar-refractivity contribution >= 4 is 11.9 Å². The highest BCUT2D eigenvalue weighted by molar-refractivity contribution is 5.92. The Morgan fingerprint density at radius 2 is 2.05 bits per heavy atom. The molecule has 0 saturated carbocycles. The summed E-state index contributed by atoms with van der Waals surface area (Å²) in [4.78, 5) is 7.98. The predicted octanol–water partition coefficient (Wildman–Crippen LogP) is -0.655. The number of hydrogen-bond acceptors (Lipinski definition) is 4. The van der Waals surface area contributed by atoms with Crippen molar-refractivity contribution < 1.29 is 0 Å². The largest absolute Gasteiger partial charge is 0.368 e. The molecule has 0 saturated heterocycles. The summed E-state index contributed by atoms with van der Waals surface area (Å²) in [5.41, 5.74) is 19.7. The molecular weight excluding hydrogens is 268 g/mol. The number of nitrogens with zero attached hydrogens (tertiary/aromatic N) is 2. The van der Waals surface area contributed by atoms with Crippen molar-refractivity contribution in [3.63, 3.8) is 0 Å². The van der Waals surface area contributed by atoms with E-state index in [1.165, 1.54) is 0 Å². The Balaban J connectivity index is 3.96. The minimum atomic E-state index is 0.119. The topological polar surface area (TPSA) is 125 Å². The standard InChI is InChI=1S/C13H28N8/c1-4-5-6-8-11(2)19-21-20-13(15)18-12(14)17-10-7-9-16-3/h4-6,8,11,16,19,21H,7,9-10H2,1-3H3,(H5,14,15,17,18,20)/b5-4-,8-6-. The molecule has 0 aromatic rings. The minimum Gasteiger partial charge on any atom is -0.368 e. The second-order valence-electron chi connectivity index (χ2n) is 4.29. The van der Waals surface area contributed by atoms with Crippen LogP contribution >= 0.6 is 0 Å². The number of nitrogens with two attached hydrogens (primary N) is 2. The maximum atomic E-state index is 5.65. The van der Waals surface area contributed by atoms with Crippen molar-refractivity contribution in [2.24, 2.45) is 21.5 Å². The van der Waals surface area contributed by atoms with Gasteiger partial charge in [0.15, 0.2) is 0 Å². The van der Waals surface area contributed by atoms with Crippen LogP contribution in [0.2, 0.25) is 0 Å². The van der Waals surface area contributed by atoms with E-state index in [1.54, 1.807) is 0 Å². The van der Waals surface area contributed by atoms with Gasteiger partial charge in [-0.2, -0.15) is 10.5 Å². The van der Waals surface area contributed by atoms with Gasteiger partial charge in [0.1, 0.15) is 0 Å². The van der Waals surface area contributed by atoms with E-state index in [0.29, 0.717) is 6.54 Å². The van der Waals surface area contributed by atoms with Crippen LogP contribution in [-0.4, -0.2) is 38.1 Å². The van der Waals surface area contributed by atoms with E-state index in [1.807, 2.05) is 45.2 Å². The van der Waals surface area contributed by atoms with Gasteiger partial charge in [-0.05, 0) is 33.9 Å². The first-order valence-electron chi connectivity index (χ1n) is 6.94. The molecule has 0 radical (unpaired) electrons. The summed E-state index contributed by atoms with van der Waals surface area (Å²) >= 11 is 0. The number of hydrazine groups is 2. The van der Waals surface area contributed by atoms with Crippen LogP contribution < -0.4 is 33.2 Å². The van der Waals surface area contributed by atoms with Crippen molar-refractivity contribution in [2.75, 3.05) is 20.1 Å². The monoisotopic (exact) mass is 296 g/mol. The van der Waals surface area contributed by atoms with E-state index >= 15 is 0 Å². The SMILES string of the molecule is C/C=C\C=C/C(C)NNN/C(N)=N\C(N)=NCCCNC. The second kappa shape index (κ2) is 13.1. The Bertz CT molecular complexity index is 372. The Morgan fingerprint density at radius 1 is 1.29 bits per heavy atom. The normalized spacial score (nSPS) is 15.0. The lowest BCUT2D eigenvalue weighted by Gasteiger charge is -2.12. The number of nitrogens with one attached hydrogen (secondary N) is 4. The van der Waals surface area contributed by atoms with Gasteiger partial charge in [-0.25, -0.2) is 5.43 Å². The first-order chi connectivity index (χ1) is 10.1. The van der Waals surface area contributed by atoms with Crippen LogP contribution in [0.4, 0.5) is 0 Å². The third-order valence-electron chi connectivity index (χ3n) is 2.29. The first kappa shape index (κ1) is 19.1. The Kier molecular flexibility index (Phi) is 11.9. The molecule has 1 unspecified atom stereocenters. The maximum Gasteiger partial charge on any atom is 0.218 e. The van der Waals surface area contributed by atoms with E-state index < -0.39 is 0 Å². The molecule has 21 heavy (non-hydrogen) atoms. The Hall–Kier alpha value is -1.90. The molecule has 0 aliphatic heterocycles. The van der Waals surface area contributed by atoms with Gasteiger partial charge in [0.05, 0.1) is 0 Å². The lowest BCUT2D eigenvalue weighted by Crippen LogP contribution is -2.52. The van der Waals surface area contributed by atoms with Crippen LogP contribution in [0.15, 0.2) is 34.3 Å². The average molecular weight is 296 g/mol. The maximum absolute atomic E-state index is 5.65. The summed E-state index contributed by atoms with van der Waals surface area (Å²) in [5.74, 6) is 0.293. The Morgan fingerprint density at radius 3 is 2.71 bits per heavy atom. The predicted molar refractivity (Wildman–Crippen MR) is 89.5 cm³/mol. The average Bonchev–Trinajstić information content (AvgIpc) is 2.44. The van der Waals surface area contributed by atoms with Crippen LogP contribution in [0.1, 0.15) is 20.3 Å². The van der Waals surface area contributed by atoms with Gasteiger partial charge in [-0.15, -0.1) is 0 Å². The zero-order valence-electron chi connectivity index (χ0n) is 13.1. The zero-order chi connectivity index (χ0) is 15.9. The molecule has 0 aliphatic carbocycles. The van der Waals surface area contributed by atoms with Crippen molar-refractivity contribution in [2.45, 2.75) is 26.3 Å². The number of allylic oxidation sites excluding steroid dienone is 3. The van der Waals surface area contributed by atoms with Crippen LogP contribution in [0, 0.1) is 0 Å². The van der Waals surface area contributed by atoms with Crippen molar-refractivity contribution in [1.82, 2.24) is 21.7 Å². The van der Waals surface area contributed by atoms with E-state index in [0.717, 1.165) is 13.0 Å². The fraction of sp³-hybridized carbons (Fsp3) is 0.538. The van der Waals surface area contributed by atoms with Crippen molar-refractivity contribution in [3.05, 3.63) is 24.3 Å². The molecular formula is C13H28N8. The third-order valence-corrected chi connectivity index (χ3v) is 2.29. The van der Waals surface area contributed by atoms with E-state index in [9.17, 15) is 0 Å². The van der Waals surface area contributed by atoms with Gasteiger partial charge in [-0.1, -0.05) is 24.3 Å². The molecule has 0 heterocycles. The molecule has 120 valence electrons. The molecule has 0 aromatic carbocycles. The van der Waals surface area contributed by atoms with E-state index in [2.05, 4.69) is 31.7 Å². The summed E-state index contributed by atoms with van der Waals surface area (Å²) < 4.78 is 0. The van der Waals surface area contributed by atoms with Gasteiger partial charge in [0.25, 0.3) is 0 Å². The summed E-state index contributed by atoms with van der Waals surface area (Å²) in [6.45, 7) is 5.45. The highest BCUT2D eigenvalue weighted by atomic mass is 15.6. The van der Waals surface area contributed by atoms with Gasteiger partial charge in [0.2, 0.25) is 11.9 Å². The van der Waals surface area contributed by atoms with E-state index in [4.69, 9.17) is 11.5 Å². The van der Waals surface area contributed by atoms with Crippen molar-refractivity contribution in [3.8, 4) is 0 Å². The molecule has 0 fully saturated rings. The fourth-order valence-corrected chi connectivity index (χ4v) is 1.24. The highest BCUT2D eigenvalue weighted by Gasteiger charge is 1.95. The zero-order valence-corrected chi connectivity index (χ0v) is 13.1. The molecule has 0 spiro atoms. The summed E-state index contributed by atoms with van der Waals surface area (Å²) in [7, 11) is 1.89. The number of guanidine groups is 2. The first-order valence-corrected chi connectivity index (χ1v) is 6.94. The van der Waals surface area contributed by atoms with Crippen LogP contribution in [0.3, 0.4) is 0 Å². The molecule has 0 aliphatic rings. The molecule has 8 nitrogen and oxygen atoms in total. The third kappa shape index (κ3) is 12.9. The quantitative estimate of drug-likeness (QED) is 0.110. The second-order valence-corrected chi connectivity index (χ2v) is 4.29. The number of rotatable bonds is 9. The van der Waals surface area contributed by atoms with Gasteiger partial charge in [0, 0.05) is 12.6 Å². The fourth-order valence-electron chi connectivity index (χ4n) is 1.24. The molecule has 0 amide bonds. The molecule has 1 atom stereocenters. The number of hydrogen-bond donors (Lipinski definition) is 6. The molecule has 8 N–H and O–H groups in total. The minimum absolute atomic E-state index is 0.119. The van der Waals surface area contributed by atoms with E-state index in [-0.39, 0.29) is 18.0 Å². The van der Waals surface area contributed by atoms with Gasteiger partial charge < -0.3 is 16.8 Å². The van der Waals surface area contributed by atoms with Crippen LogP contribution in [0.25, 0.3) is 0 Å². The number of aliphatic imine (C=N–C) groups is 2. The van der Waals surface area contributed by atoms with Crippen LogP contribution in [-0.2, 0) is 0 Å². The lowest BCUT2D eigenvalue weighted by molar-refractivity contribution is 0.472. The molecule has 8 heteroatoms. The van der Waals surface area contributed by atoms with Crippen LogP contribution in [0.5, 0.6) is 0 Å². The molecule has 0 bridgehead atoms. The molecule has 0 rings (SSSR count). The highest BCUT2D eigenvalue weighted by Crippen LogP contribution is 1.83. The van der Waals surface area contributed by atoms with Gasteiger partial charge >= 0.3 is 0 Å². The summed E-state index contributed by atoms with van der Waals surface area (Å²) in [6.07, 6.45) is 8.74. The lowest BCUT2D eigenvalue weighted by atomic mass is 10.3. The summed E-state index contributed by atoms with van der Waals surface area (Å²) in [6, 6.07) is 0.119. The molecule has 0 aromatic heterocycles. The Labute approximate surface area is 126 Å². The van der Waals surface area contributed by atoms with Gasteiger partial charge in [-0.3, -0.25) is 10.4 Å². The van der Waals surface area contributed by atoms with Crippen molar-refractivity contribution in [1.29, 1.82) is 0 Å².